The molecule has 108 valence electrons. The normalized spacial score (nSPS) is 19.3. The Morgan fingerprint density at radius 1 is 1.18 bits per heavy atom. The maximum absolute atomic E-state index is 12.5. The Morgan fingerprint density at radius 3 is 2.45 bits per heavy atom. The van der Waals surface area contributed by atoms with Crippen molar-refractivity contribution in [3.8, 4) is 0 Å². The molecule has 0 N–H and O–H groups in total. The second kappa shape index (κ2) is 6.38. The molecule has 1 aromatic carbocycles. The van der Waals surface area contributed by atoms with Gasteiger partial charge in [0.25, 0.3) is 0 Å². The number of hydrogen-bond acceptors (Lipinski definition) is 4. The van der Waals surface area contributed by atoms with Gasteiger partial charge < -0.3 is 19.2 Å². The van der Waals surface area contributed by atoms with Crippen molar-refractivity contribution in [2.75, 3.05) is 7.11 Å². The predicted molar refractivity (Wildman–Crippen MR) is 72.6 cm³/mol. The van der Waals surface area contributed by atoms with Gasteiger partial charge >= 0.3 is 29.6 Å². The van der Waals surface area contributed by atoms with E-state index < -0.39 is 11.6 Å². The Kier molecular flexibility index (Phi) is 4.92. The van der Waals surface area contributed by atoms with Crippen LogP contribution >= 0.6 is 0 Å². The van der Waals surface area contributed by atoms with Crippen molar-refractivity contribution in [3.63, 3.8) is 0 Å². The van der Waals surface area contributed by atoms with Gasteiger partial charge in [0.15, 0.2) is 0 Å². The van der Waals surface area contributed by atoms with Crippen molar-refractivity contribution in [1.29, 1.82) is 0 Å². The second-order valence-electron chi connectivity index (χ2n) is 5.02. The van der Waals surface area contributed by atoms with Crippen LogP contribution in [0.15, 0.2) is 42.5 Å². The van der Waals surface area contributed by atoms with Crippen LogP contribution in [0.3, 0.4) is 0 Å². The molecular formula is C16H14NNaO4. The number of carboxylic acids is 1. The van der Waals surface area contributed by atoms with Crippen LogP contribution in [0.4, 0.5) is 0 Å². The van der Waals surface area contributed by atoms with Gasteiger partial charge in [-0.05, 0) is 12.1 Å². The van der Waals surface area contributed by atoms with E-state index in [1.54, 1.807) is 41.0 Å². The molecule has 0 saturated heterocycles. The Labute approximate surface area is 150 Å². The van der Waals surface area contributed by atoms with E-state index >= 15 is 0 Å². The SMILES string of the molecule is COC1(C(=O)[O-])CCn2c(C(=O)c3ccccc3)ccc21.[Na+]. The number of aromatic nitrogens is 1. The van der Waals surface area contributed by atoms with Crippen LogP contribution < -0.4 is 34.7 Å². The Morgan fingerprint density at radius 2 is 1.86 bits per heavy atom. The van der Waals surface area contributed by atoms with Crippen LogP contribution in [0.1, 0.15) is 28.2 Å². The zero-order chi connectivity index (χ0) is 15.0. The molecule has 2 aromatic rings. The second-order valence-corrected chi connectivity index (χ2v) is 5.02. The summed E-state index contributed by atoms with van der Waals surface area (Å²) in [5.74, 6) is -1.41. The monoisotopic (exact) mass is 307 g/mol. The first-order valence-corrected chi connectivity index (χ1v) is 6.66. The Bertz CT molecular complexity index is 710. The van der Waals surface area contributed by atoms with E-state index in [1.807, 2.05) is 6.07 Å². The summed E-state index contributed by atoms with van der Waals surface area (Å²) in [6.45, 7) is 0.415. The summed E-state index contributed by atoms with van der Waals surface area (Å²) in [6, 6.07) is 12.2. The summed E-state index contributed by atoms with van der Waals surface area (Å²) in [6.07, 6.45) is 0.261. The molecule has 3 rings (SSSR count). The molecule has 1 aromatic heterocycles. The number of aliphatic carboxylic acids is 1. The number of ether oxygens (including phenoxy) is 1. The van der Waals surface area contributed by atoms with Crippen LogP contribution in [-0.4, -0.2) is 23.4 Å². The van der Waals surface area contributed by atoms with Crippen molar-refractivity contribution in [2.24, 2.45) is 0 Å². The standard InChI is InChI=1S/C16H15NO4.Na/c1-21-16(15(19)20)9-10-17-12(7-8-13(16)17)14(18)11-5-3-2-4-6-11;/h2-8H,9-10H2,1H3,(H,19,20);/q;+1/p-1. The molecule has 22 heavy (non-hydrogen) atoms. The van der Waals surface area contributed by atoms with E-state index in [0.29, 0.717) is 23.5 Å². The molecule has 0 radical (unpaired) electrons. The van der Waals surface area contributed by atoms with Gasteiger partial charge in [-0.1, -0.05) is 30.3 Å². The summed E-state index contributed by atoms with van der Waals surface area (Å²) in [5.41, 5.74) is 0.0392. The molecule has 0 saturated carbocycles. The number of fused-ring (bicyclic) bond motifs is 1. The zero-order valence-electron chi connectivity index (χ0n) is 12.5. The molecule has 6 heteroatoms. The Balaban J connectivity index is 0.00000176. The van der Waals surface area contributed by atoms with Crippen LogP contribution in [0.2, 0.25) is 0 Å². The fraction of sp³-hybridized carbons (Fsp3) is 0.250. The minimum atomic E-state index is -1.46. The topological polar surface area (TPSA) is 71.4 Å². The predicted octanol–water partition coefficient (Wildman–Crippen LogP) is -2.28. The molecular weight excluding hydrogens is 293 g/mol. The van der Waals surface area contributed by atoms with Crippen LogP contribution in [0.25, 0.3) is 0 Å². The van der Waals surface area contributed by atoms with Gasteiger partial charge in [0.2, 0.25) is 5.78 Å². The zero-order valence-corrected chi connectivity index (χ0v) is 14.5. The van der Waals surface area contributed by atoms with E-state index in [4.69, 9.17) is 4.74 Å². The molecule has 1 aliphatic rings. The van der Waals surface area contributed by atoms with Crippen LogP contribution in [0, 0.1) is 0 Å². The van der Waals surface area contributed by atoms with Gasteiger partial charge in [0.1, 0.15) is 5.60 Å². The van der Waals surface area contributed by atoms with E-state index in [9.17, 15) is 14.7 Å². The molecule has 0 aliphatic carbocycles. The molecule has 0 bridgehead atoms. The van der Waals surface area contributed by atoms with Crippen molar-refractivity contribution < 1.29 is 49.0 Å². The van der Waals surface area contributed by atoms with E-state index in [0.717, 1.165) is 0 Å². The summed E-state index contributed by atoms with van der Waals surface area (Å²) in [7, 11) is 1.34. The quantitative estimate of drug-likeness (QED) is 0.471. The third kappa shape index (κ3) is 2.44. The van der Waals surface area contributed by atoms with Gasteiger partial charge in [0.05, 0.1) is 17.4 Å². The van der Waals surface area contributed by atoms with Gasteiger partial charge in [-0.3, -0.25) is 4.79 Å². The molecule has 0 spiro atoms. The third-order valence-electron chi connectivity index (χ3n) is 4.03. The maximum Gasteiger partial charge on any atom is 1.00 e. The van der Waals surface area contributed by atoms with Crippen LogP contribution in [-0.2, 0) is 21.7 Å². The summed E-state index contributed by atoms with van der Waals surface area (Å²) in [5, 5.41) is 11.4. The van der Waals surface area contributed by atoms with Gasteiger partial charge in [-0.25, -0.2) is 0 Å². The first-order valence-electron chi connectivity index (χ1n) is 6.66. The Hall–Kier alpha value is -1.40. The minimum absolute atomic E-state index is 0. The van der Waals surface area contributed by atoms with Crippen molar-refractivity contribution in [3.05, 3.63) is 59.4 Å². The number of benzene rings is 1. The minimum Gasteiger partial charge on any atom is -0.547 e. The van der Waals surface area contributed by atoms with Crippen LogP contribution in [0.5, 0.6) is 0 Å². The average molecular weight is 307 g/mol. The summed E-state index contributed by atoms with van der Waals surface area (Å²) in [4.78, 5) is 23.9. The largest absolute Gasteiger partial charge is 1.00 e. The van der Waals surface area contributed by atoms with Crippen molar-refractivity contribution in [2.45, 2.75) is 18.6 Å². The molecule has 1 aliphatic heterocycles. The number of carboxylic acid groups (broad SMARTS) is 1. The number of carbonyl (C=O) groups is 2. The molecule has 2 heterocycles. The number of nitrogens with zero attached hydrogens (tertiary/aromatic N) is 1. The number of carbonyl (C=O) groups excluding carboxylic acids is 2. The maximum atomic E-state index is 12.5. The van der Waals surface area contributed by atoms with E-state index in [2.05, 4.69) is 0 Å². The molecule has 1 unspecified atom stereocenters. The van der Waals surface area contributed by atoms with E-state index in [-0.39, 0.29) is 41.8 Å². The van der Waals surface area contributed by atoms with Gasteiger partial charge in [-0.2, -0.15) is 0 Å². The molecule has 0 fully saturated rings. The fourth-order valence-corrected chi connectivity index (χ4v) is 2.89. The van der Waals surface area contributed by atoms with Gasteiger partial charge in [0, 0.05) is 25.6 Å². The van der Waals surface area contributed by atoms with Gasteiger partial charge in [-0.15, -0.1) is 0 Å². The molecule has 1 atom stereocenters. The van der Waals surface area contributed by atoms with Crippen molar-refractivity contribution in [1.82, 2.24) is 4.57 Å². The first-order chi connectivity index (χ1) is 10.1. The summed E-state index contributed by atoms with van der Waals surface area (Å²) >= 11 is 0. The third-order valence-corrected chi connectivity index (χ3v) is 4.03. The molecule has 0 amide bonds. The number of methoxy groups -OCH3 is 1. The first kappa shape index (κ1) is 17.0. The number of rotatable bonds is 4. The number of ketones is 1. The van der Waals surface area contributed by atoms with E-state index in [1.165, 1.54) is 7.11 Å². The molecule has 5 nitrogen and oxygen atoms in total. The smallest absolute Gasteiger partial charge is 0.547 e. The average Bonchev–Trinajstić information content (AvgIpc) is 3.07. The fourth-order valence-electron chi connectivity index (χ4n) is 2.89. The number of hydrogen-bond donors (Lipinski definition) is 0. The van der Waals surface area contributed by atoms with Crippen molar-refractivity contribution >= 4 is 11.8 Å². The summed E-state index contributed by atoms with van der Waals surface area (Å²) < 4.78 is 6.89.